The molecule has 1 heterocycles. The molecule has 2 N–H and O–H groups in total. The van der Waals surface area contributed by atoms with E-state index in [1.807, 2.05) is 36.4 Å². The molecule has 1 saturated carbocycles. The number of aliphatic carboxylic acids is 1. The van der Waals surface area contributed by atoms with Crippen molar-refractivity contribution in [1.29, 1.82) is 0 Å². The van der Waals surface area contributed by atoms with Crippen LogP contribution in [-0.2, 0) is 22.0 Å². The number of hydrogen-bond donors (Lipinski definition) is 2. The zero-order valence-electron chi connectivity index (χ0n) is 17.1. The maximum Gasteiger partial charge on any atom is 0.314 e. The lowest BCUT2D eigenvalue weighted by Crippen LogP contribution is -2.58. The predicted octanol–water partition coefficient (Wildman–Crippen LogP) is 3.96. The topological polar surface area (TPSA) is 60.8 Å². The van der Waals surface area contributed by atoms with E-state index in [9.17, 15) is 15.0 Å². The van der Waals surface area contributed by atoms with E-state index in [-0.39, 0.29) is 11.3 Å². The Hall–Kier alpha value is -2.33. The number of carboxylic acid groups (broad SMARTS) is 1. The van der Waals surface area contributed by atoms with E-state index in [4.69, 9.17) is 0 Å². The van der Waals surface area contributed by atoms with E-state index in [0.717, 1.165) is 37.9 Å². The van der Waals surface area contributed by atoms with E-state index >= 15 is 0 Å². The number of nitrogens with zero attached hydrogens (tertiary/aromatic N) is 1. The Labute approximate surface area is 172 Å². The molecule has 3 aliphatic rings. The summed E-state index contributed by atoms with van der Waals surface area (Å²) in [4.78, 5) is 14.8. The van der Waals surface area contributed by atoms with Crippen molar-refractivity contribution in [2.45, 2.75) is 50.0 Å². The van der Waals surface area contributed by atoms with Gasteiger partial charge in [0.05, 0.1) is 5.41 Å². The molecular formula is C25H29NO3. The van der Waals surface area contributed by atoms with Crippen LogP contribution in [0.25, 0.3) is 0 Å². The molecule has 152 valence electrons. The molecule has 5 atom stereocenters. The highest BCUT2D eigenvalue weighted by molar-refractivity contribution is 5.86. The molecule has 2 bridgehead atoms. The number of phenolic OH excluding ortho intramolecular Hbond substituents is 1. The van der Waals surface area contributed by atoms with Crippen LogP contribution in [0.1, 0.15) is 43.4 Å². The molecule has 2 aromatic rings. The van der Waals surface area contributed by atoms with Crippen molar-refractivity contribution in [2.24, 2.45) is 11.8 Å². The third-order valence-corrected chi connectivity index (χ3v) is 8.34. The van der Waals surface area contributed by atoms with E-state index in [2.05, 4.69) is 24.8 Å². The number of carbonyl (C=O) groups is 1. The van der Waals surface area contributed by atoms with Crippen LogP contribution in [0, 0.1) is 11.8 Å². The van der Waals surface area contributed by atoms with Crippen LogP contribution in [0.4, 0.5) is 0 Å². The average Bonchev–Trinajstić information content (AvgIpc) is 3.44. The standard InChI is InChI=1S/C25H29NO3/c1-16-22-12-17-8-9-20(27)13-21(17)24(16,2)10-11-26(22)15-19-14-25(19,23(28)29)18-6-4-3-5-7-18/h3-9,13,16,19,22,27H,10-12,14-15H2,1-2H3,(H,28,29)/t16-,19+,22+,24+,25-/m0/s1. The Kier molecular flexibility index (Phi) is 4.08. The molecule has 0 spiro atoms. The number of phenols is 1. The Morgan fingerprint density at radius 3 is 2.69 bits per heavy atom. The molecule has 29 heavy (non-hydrogen) atoms. The highest BCUT2D eigenvalue weighted by atomic mass is 16.4. The summed E-state index contributed by atoms with van der Waals surface area (Å²) in [6, 6.07) is 16.0. The molecule has 0 unspecified atom stereocenters. The maximum atomic E-state index is 12.2. The fourth-order valence-electron chi connectivity index (χ4n) is 6.23. The molecule has 1 saturated heterocycles. The highest BCUT2D eigenvalue weighted by Crippen LogP contribution is 2.56. The quantitative estimate of drug-likeness (QED) is 0.828. The van der Waals surface area contributed by atoms with Crippen LogP contribution < -0.4 is 0 Å². The zero-order valence-corrected chi connectivity index (χ0v) is 17.1. The summed E-state index contributed by atoms with van der Waals surface area (Å²) in [6.45, 7) is 6.50. The van der Waals surface area contributed by atoms with Crippen molar-refractivity contribution in [3.63, 3.8) is 0 Å². The predicted molar refractivity (Wildman–Crippen MR) is 112 cm³/mol. The number of likely N-dealkylation sites (tertiary alicyclic amines) is 1. The van der Waals surface area contributed by atoms with Gasteiger partial charge in [0.15, 0.2) is 0 Å². The van der Waals surface area contributed by atoms with Crippen LogP contribution in [0.5, 0.6) is 5.75 Å². The van der Waals surface area contributed by atoms with Gasteiger partial charge in [-0.2, -0.15) is 0 Å². The average molecular weight is 392 g/mol. The zero-order chi connectivity index (χ0) is 20.4. The van der Waals surface area contributed by atoms with Gasteiger partial charge in [-0.1, -0.05) is 50.2 Å². The third-order valence-electron chi connectivity index (χ3n) is 8.34. The molecule has 2 aromatic carbocycles. The van der Waals surface area contributed by atoms with Crippen molar-refractivity contribution in [1.82, 2.24) is 4.90 Å². The summed E-state index contributed by atoms with van der Waals surface area (Å²) >= 11 is 0. The summed E-state index contributed by atoms with van der Waals surface area (Å²) in [6.07, 6.45) is 2.75. The van der Waals surface area contributed by atoms with Crippen molar-refractivity contribution in [3.05, 3.63) is 65.2 Å². The van der Waals surface area contributed by atoms with Crippen molar-refractivity contribution >= 4 is 5.97 Å². The van der Waals surface area contributed by atoms with Crippen LogP contribution in [0.3, 0.4) is 0 Å². The van der Waals surface area contributed by atoms with Gasteiger partial charge in [-0.05, 0) is 71.9 Å². The van der Waals surface area contributed by atoms with E-state index < -0.39 is 11.4 Å². The first-order chi connectivity index (χ1) is 13.9. The van der Waals surface area contributed by atoms with Gasteiger partial charge < -0.3 is 10.2 Å². The van der Waals surface area contributed by atoms with E-state index in [1.165, 1.54) is 11.1 Å². The fourth-order valence-corrected chi connectivity index (χ4v) is 6.23. The minimum Gasteiger partial charge on any atom is -0.508 e. The molecule has 0 aromatic heterocycles. The number of carboxylic acids is 1. The van der Waals surface area contributed by atoms with Gasteiger partial charge in [0.1, 0.15) is 5.75 Å². The van der Waals surface area contributed by atoms with Gasteiger partial charge in [-0.3, -0.25) is 9.69 Å². The number of fused-ring (bicyclic) bond motifs is 4. The van der Waals surface area contributed by atoms with Crippen molar-refractivity contribution in [2.75, 3.05) is 13.1 Å². The smallest absolute Gasteiger partial charge is 0.314 e. The number of rotatable bonds is 4. The first-order valence-electron chi connectivity index (χ1n) is 10.7. The Balaban J connectivity index is 1.41. The summed E-state index contributed by atoms with van der Waals surface area (Å²) in [7, 11) is 0. The first-order valence-corrected chi connectivity index (χ1v) is 10.7. The Bertz CT molecular complexity index is 958. The SMILES string of the molecule is C[C@H]1[C@H]2Cc3ccc(O)cc3[C@]1(C)CCN2C[C@H]1C[C@]1(C(=O)O)c1ccccc1. The summed E-state index contributed by atoms with van der Waals surface area (Å²) < 4.78 is 0. The molecule has 0 radical (unpaired) electrons. The number of benzene rings is 2. The molecule has 2 fully saturated rings. The normalized spacial score (nSPS) is 35.7. The molecule has 4 nitrogen and oxygen atoms in total. The number of aromatic hydroxyl groups is 1. The van der Waals surface area contributed by atoms with Crippen molar-refractivity contribution < 1.29 is 15.0 Å². The van der Waals surface area contributed by atoms with Crippen LogP contribution in [0.2, 0.25) is 0 Å². The van der Waals surface area contributed by atoms with Gasteiger partial charge in [-0.25, -0.2) is 0 Å². The second-order valence-electron chi connectivity index (χ2n) is 9.61. The maximum absolute atomic E-state index is 12.2. The lowest BCUT2D eigenvalue weighted by molar-refractivity contribution is -0.140. The monoisotopic (exact) mass is 391 g/mol. The minimum atomic E-state index is -0.719. The highest BCUT2D eigenvalue weighted by Gasteiger charge is 2.62. The number of hydrogen-bond acceptors (Lipinski definition) is 3. The van der Waals surface area contributed by atoms with Gasteiger partial charge in [0, 0.05) is 12.6 Å². The van der Waals surface area contributed by atoms with Crippen LogP contribution in [0.15, 0.2) is 48.5 Å². The molecule has 0 amide bonds. The fraction of sp³-hybridized carbons (Fsp3) is 0.480. The summed E-state index contributed by atoms with van der Waals surface area (Å²) in [5, 5.41) is 20.1. The molecular weight excluding hydrogens is 362 g/mol. The largest absolute Gasteiger partial charge is 0.508 e. The number of piperidine rings is 1. The second-order valence-corrected chi connectivity index (χ2v) is 9.61. The third kappa shape index (κ3) is 2.65. The first kappa shape index (κ1) is 18.7. The van der Waals surface area contributed by atoms with Crippen LogP contribution >= 0.6 is 0 Å². The molecule has 4 heteroatoms. The van der Waals surface area contributed by atoms with Gasteiger partial charge in [-0.15, -0.1) is 0 Å². The lowest BCUT2D eigenvalue weighted by Gasteiger charge is -2.54. The van der Waals surface area contributed by atoms with Gasteiger partial charge >= 0.3 is 5.97 Å². The van der Waals surface area contributed by atoms with E-state index in [0.29, 0.717) is 17.7 Å². The summed E-state index contributed by atoms with van der Waals surface area (Å²) in [5.41, 5.74) is 2.93. The molecule has 2 aliphatic carbocycles. The molecule has 1 aliphatic heterocycles. The Morgan fingerprint density at radius 2 is 1.97 bits per heavy atom. The van der Waals surface area contributed by atoms with Crippen molar-refractivity contribution in [3.8, 4) is 5.75 Å². The minimum absolute atomic E-state index is 0.0698. The Morgan fingerprint density at radius 1 is 1.21 bits per heavy atom. The lowest BCUT2D eigenvalue weighted by atomic mass is 9.59. The second kappa shape index (κ2) is 6.33. The molecule has 5 rings (SSSR count). The van der Waals surface area contributed by atoms with Gasteiger partial charge in [0.2, 0.25) is 0 Å². The summed E-state index contributed by atoms with van der Waals surface area (Å²) in [5.74, 6) is 0.304. The van der Waals surface area contributed by atoms with Gasteiger partial charge in [0.25, 0.3) is 0 Å². The van der Waals surface area contributed by atoms with Crippen LogP contribution in [-0.4, -0.2) is 40.2 Å². The van der Waals surface area contributed by atoms with E-state index in [1.54, 1.807) is 6.07 Å².